The summed E-state index contributed by atoms with van der Waals surface area (Å²) in [7, 11) is 3.56. The van der Waals surface area contributed by atoms with Crippen LogP contribution in [-0.2, 0) is 20.8 Å². The SMILES string of the molecule is CC(=O)[O-].CC(=O)[O-].Cc1ccc(-c2nc3ccc(C)cn3c2CC(=O)N(C)C)cc1.[Ca+2]. The van der Waals surface area contributed by atoms with Crippen molar-refractivity contribution in [3.63, 3.8) is 0 Å². The Morgan fingerprint density at radius 3 is 1.84 bits per heavy atom. The van der Waals surface area contributed by atoms with E-state index in [2.05, 4.69) is 31.2 Å². The quantitative estimate of drug-likeness (QED) is 0.516. The summed E-state index contributed by atoms with van der Waals surface area (Å²) >= 11 is 0. The Morgan fingerprint density at radius 1 is 0.906 bits per heavy atom. The zero-order chi connectivity index (χ0) is 23.7. The van der Waals surface area contributed by atoms with Crippen LogP contribution in [0.1, 0.15) is 30.7 Å². The van der Waals surface area contributed by atoms with Gasteiger partial charge in [0, 0.05) is 37.8 Å². The van der Waals surface area contributed by atoms with Crippen molar-refractivity contribution in [2.75, 3.05) is 14.1 Å². The van der Waals surface area contributed by atoms with Crippen molar-refractivity contribution in [1.82, 2.24) is 14.3 Å². The van der Waals surface area contributed by atoms with Crippen molar-refractivity contribution < 1.29 is 24.6 Å². The predicted molar refractivity (Wildman–Crippen MR) is 120 cm³/mol. The van der Waals surface area contributed by atoms with Crippen molar-refractivity contribution in [3.05, 3.63) is 59.4 Å². The molecule has 1 amide bonds. The van der Waals surface area contributed by atoms with E-state index in [1.807, 2.05) is 29.7 Å². The first-order valence-electron chi connectivity index (χ1n) is 9.52. The monoisotopic (exact) mass is 465 g/mol. The first-order valence-corrected chi connectivity index (χ1v) is 9.52. The molecule has 0 spiro atoms. The molecule has 1 aromatic carbocycles. The topological polar surface area (TPSA) is 118 Å². The van der Waals surface area contributed by atoms with E-state index in [-0.39, 0.29) is 43.6 Å². The fourth-order valence-corrected chi connectivity index (χ4v) is 2.61. The van der Waals surface area contributed by atoms with Crippen LogP contribution in [0.15, 0.2) is 42.6 Å². The number of carboxylic acids is 2. The number of aryl methyl sites for hydroxylation is 2. The maximum atomic E-state index is 12.3. The molecule has 3 aromatic rings. The van der Waals surface area contributed by atoms with Gasteiger partial charge in [0.15, 0.2) is 0 Å². The Morgan fingerprint density at radius 2 is 1.38 bits per heavy atom. The molecule has 9 heteroatoms. The molecular formula is C23H27CaN3O5. The molecule has 0 aliphatic rings. The Kier molecular flexibility index (Phi) is 12.8. The molecule has 0 atom stereocenters. The number of rotatable bonds is 3. The van der Waals surface area contributed by atoms with Gasteiger partial charge in [0.25, 0.3) is 0 Å². The molecule has 0 fully saturated rings. The Bertz CT molecular complexity index is 1040. The van der Waals surface area contributed by atoms with Crippen molar-refractivity contribution >= 4 is 61.2 Å². The standard InChI is InChI=1S/C19H21N3O.2C2H4O2.Ca/c1-13-5-8-15(9-6-13)19-16(11-18(23)21(3)4)22-12-14(2)7-10-17(22)20-19;2*1-2(3)4;/h5-10,12H,11H2,1-4H3;2*1H3,(H,3,4);/q;;;+2/p-2. The minimum Gasteiger partial charge on any atom is -0.550 e. The minimum absolute atomic E-state index is 0. The fourth-order valence-electron chi connectivity index (χ4n) is 2.61. The molecule has 0 saturated carbocycles. The minimum atomic E-state index is -1.08. The van der Waals surface area contributed by atoms with E-state index in [0.717, 1.165) is 42.0 Å². The van der Waals surface area contributed by atoms with Gasteiger partial charge in [-0.1, -0.05) is 35.9 Å². The van der Waals surface area contributed by atoms with Gasteiger partial charge in [-0.15, -0.1) is 0 Å². The van der Waals surface area contributed by atoms with E-state index < -0.39 is 11.9 Å². The zero-order valence-corrected chi connectivity index (χ0v) is 21.5. The smallest absolute Gasteiger partial charge is 0.550 e. The molecule has 0 bridgehead atoms. The number of nitrogens with zero attached hydrogens (tertiary/aromatic N) is 3. The molecule has 0 radical (unpaired) electrons. The number of likely N-dealkylation sites (N-methyl/N-ethyl adjacent to an activating group) is 1. The number of hydrogen-bond acceptors (Lipinski definition) is 6. The third kappa shape index (κ3) is 9.80. The number of fused-ring (bicyclic) bond motifs is 1. The predicted octanol–water partition coefficient (Wildman–Crippen LogP) is 0.380. The van der Waals surface area contributed by atoms with Crippen LogP contribution in [0.5, 0.6) is 0 Å². The number of aliphatic carboxylic acids is 2. The van der Waals surface area contributed by atoms with E-state index in [4.69, 9.17) is 24.8 Å². The summed E-state index contributed by atoms with van der Waals surface area (Å²) in [5.41, 5.74) is 6.08. The van der Waals surface area contributed by atoms with Gasteiger partial charge in [0.1, 0.15) is 5.65 Å². The van der Waals surface area contributed by atoms with Gasteiger partial charge in [0.2, 0.25) is 5.91 Å². The molecular weight excluding hydrogens is 438 g/mol. The number of carboxylic acid groups (broad SMARTS) is 2. The average Bonchev–Trinajstić information content (AvgIpc) is 2.99. The molecule has 0 aliphatic heterocycles. The van der Waals surface area contributed by atoms with Crippen LogP contribution < -0.4 is 10.2 Å². The van der Waals surface area contributed by atoms with Gasteiger partial charge in [-0.3, -0.25) is 4.79 Å². The van der Waals surface area contributed by atoms with Crippen LogP contribution in [0.4, 0.5) is 0 Å². The average molecular weight is 466 g/mol. The Labute approximate surface area is 217 Å². The molecule has 3 rings (SSSR count). The zero-order valence-electron chi connectivity index (χ0n) is 19.3. The van der Waals surface area contributed by atoms with E-state index in [1.54, 1.807) is 19.0 Å². The molecule has 2 aromatic heterocycles. The number of benzene rings is 1. The second-order valence-electron chi connectivity index (χ2n) is 7.16. The second kappa shape index (κ2) is 13.9. The first-order chi connectivity index (χ1) is 14.4. The van der Waals surface area contributed by atoms with Gasteiger partial charge >= 0.3 is 37.7 Å². The normalized spacial score (nSPS) is 9.44. The molecule has 0 saturated heterocycles. The maximum Gasteiger partial charge on any atom is 2.00 e. The molecule has 8 nitrogen and oxygen atoms in total. The van der Waals surface area contributed by atoms with Gasteiger partial charge in [-0.05, 0) is 39.3 Å². The number of pyridine rings is 1. The number of imidazole rings is 1. The van der Waals surface area contributed by atoms with E-state index >= 15 is 0 Å². The van der Waals surface area contributed by atoms with Gasteiger partial charge in [-0.2, -0.15) is 0 Å². The van der Waals surface area contributed by atoms with Crippen LogP contribution >= 0.6 is 0 Å². The molecule has 32 heavy (non-hydrogen) atoms. The van der Waals surface area contributed by atoms with Crippen LogP contribution in [0.3, 0.4) is 0 Å². The summed E-state index contributed by atoms with van der Waals surface area (Å²) in [5, 5.41) is 17.8. The Hall–Kier alpha value is -2.42. The van der Waals surface area contributed by atoms with E-state index in [0.29, 0.717) is 6.42 Å². The summed E-state index contributed by atoms with van der Waals surface area (Å²) < 4.78 is 2.03. The second-order valence-corrected chi connectivity index (χ2v) is 7.16. The van der Waals surface area contributed by atoms with Crippen LogP contribution in [0, 0.1) is 13.8 Å². The number of amides is 1. The summed E-state index contributed by atoms with van der Waals surface area (Å²) in [4.78, 5) is 36.4. The number of hydrogen-bond donors (Lipinski definition) is 0. The summed E-state index contributed by atoms with van der Waals surface area (Å²) in [6, 6.07) is 12.3. The van der Waals surface area contributed by atoms with E-state index in [9.17, 15) is 4.79 Å². The fraction of sp³-hybridized carbons (Fsp3) is 0.304. The summed E-state index contributed by atoms with van der Waals surface area (Å²) in [6.07, 6.45) is 2.37. The van der Waals surface area contributed by atoms with Crippen molar-refractivity contribution in [3.8, 4) is 11.3 Å². The van der Waals surface area contributed by atoms with Gasteiger partial charge < -0.3 is 29.1 Å². The number of carbonyl (C=O) groups is 3. The van der Waals surface area contributed by atoms with Crippen LogP contribution in [-0.4, -0.2) is 84.0 Å². The third-order valence-electron chi connectivity index (χ3n) is 4.01. The maximum absolute atomic E-state index is 12.3. The third-order valence-corrected chi connectivity index (χ3v) is 4.01. The number of carbonyl (C=O) groups excluding carboxylic acids is 3. The molecule has 0 N–H and O–H groups in total. The van der Waals surface area contributed by atoms with Crippen molar-refractivity contribution in [2.45, 2.75) is 34.1 Å². The van der Waals surface area contributed by atoms with Crippen molar-refractivity contribution in [1.29, 1.82) is 0 Å². The largest absolute Gasteiger partial charge is 2.00 e. The molecule has 2 heterocycles. The van der Waals surface area contributed by atoms with Crippen LogP contribution in [0.2, 0.25) is 0 Å². The van der Waals surface area contributed by atoms with Gasteiger partial charge in [-0.25, -0.2) is 4.98 Å². The summed E-state index contributed by atoms with van der Waals surface area (Å²) in [5.74, 6) is -2.10. The van der Waals surface area contributed by atoms with E-state index in [1.165, 1.54) is 5.56 Å². The summed E-state index contributed by atoms with van der Waals surface area (Å²) in [6.45, 7) is 6.05. The molecule has 0 unspecified atom stereocenters. The number of aromatic nitrogens is 2. The van der Waals surface area contributed by atoms with Crippen LogP contribution in [0.25, 0.3) is 16.9 Å². The molecule has 0 aliphatic carbocycles. The molecule has 166 valence electrons. The Balaban J connectivity index is 0.000000928. The first kappa shape index (κ1) is 29.6. The van der Waals surface area contributed by atoms with Gasteiger partial charge in [0.05, 0.1) is 17.8 Å². The van der Waals surface area contributed by atoms with Crippen molar-refractivity contribution in [2.24, 2.45) is 0 Å².